The maximum atomic E-state index is 13.7. The Morgan fingerprint density at radius 1 is 1.00 bits per heavy atom. The molecular weight excluding hydrogens is 496 g/mol. The number of rotatable bonds is 6. The first-order valence-electron chi connectivity index (χ1n) is 11.9. The quantitative estimate of drug-likeness (QED) is 0.360. The molecule has 0 saturated carbocycles. The lowest BCUT2D eigenvalue weighted by atomic mass is 9.72. The number of hydrogen-bond acceptors (Lipinski definition) is 5. The van der Waals surface area contributed by atoms with Crippen molar-refractivity contribution in [2.24, 2.45) is 11.3 Å². The Hall–Kier alpha value is -3.03. The van der Waals surface area contributed by atoms with Crippen molar-refractivity contribution in [2.75, 3.05) is 24.9 Å². The molecule has 2 N–H and O–H groups in total. The largest absolute Gasteiger partial charge is 0.497 e. The molecule has 2 aromatic carbocycles. The number of ether oxygens (including phenoxy) is 2. The number of carbonyl (C=O) groups excluding carboxylic acids is 2. The molecule has 1 aliphatic carbocycles. The number of fused-ring (bicyclic) bond motifs is 1. The van der Waals surface area contributed by atoms with Crippen molar-refractivity contribution in [1.29, 1.82) is 0 Å². The maximum Gasteiger partial charge on any atom is 0.259 e. The molecule has 0 aliphatic heterocycles. The van der Waals surface area contributed by atoms with Gasteiger partial charge in [0, 0.05) is 21.5 Å². The van der Waals surface area contributed by atoms with Gasteiger partial charge in [-0.25, -0.2) is 0 Å². The molecular formula is C28H31ClN2O4S. The number of amides is 2. The van der Waals surface area contributed by atoms with Gasteiger partial charge in [-0.15, -0.1) is 11.3 Å². The minimum absolute atomic E-state index is 0.158. The monoisotopic (exact) mass is 526 g/mol. The average Bonchev–Trinajstić information content (AvgIpc) is 3.20. The first-order chi connectivity index (χ1) is 17.1. The lowest BCUT2D eigenvalue weighted by molar-refractivity contribution is 0.102. The molecule has 0 saturated heterocycles. The van der Waals surface area contributed by atoms with Crippen molar-refractivity contribution < 1.29 is 19.1 Å². The first kappa shape index (κ1) is 26.0. The van der Waals surface area contributed by atoms with Gasteiger partial charge in [0.15, 0.2) is 0 Å². The molecule has 4 rings (SSSR count). The summed E-state index contributed by atoms with van der Waals surface area (Å²) in [7, 11) is 3.12. The fraction of sp³-hybridized carbons (Fsp3) is 0.357. The number of thiophene rings is 1. The number of methoxy groups -OCH3 is 2. The van der Waals surface area contributed by atoms with Gasteiger partial charge < -0.3 is 20.1 Å². The van der Waals surface area contributed by atoms with Crippen LogP contribution in [0.3, 0.4) is 0 Å². The molecule has 1 aliphatic rings. The van der Waals surface area contributed by atoms with Gasteiger partial charge in [-0.05, 0) is 72.6 Å². The third kappa shape index (κ3) is 5.52. The van der Waals surface area contributed by atoms with E-state index in [0.29, 0.717) is 44.3 Å². The van der Waals surface area contributed by atoms with Crippen LogP contribution in [0.5, 0.6) is 11.5 Å². The normalized spacial score (nSPS) is 15.1. The van der Waals surface area contributed by atoms with Gasteiger partial charge in [-0.2, -0.15) is 0 Å². The molecule has 1 aromatic heterocycles. The van der Waals surface area contributed by atoms with Crippen LogP contribution in [0.2, 0.25) is 5.02 Å². The first-order valence-corrected chi connectivity index (χ1v) is 13.0. The summed E-state index contributed by atoms with van der Waals surface area (Å²) in [4.78, 5) is 27.9. The molecule has 190 valence electrons. The van der Waals surface area contributed by atoms with Crippen LogP contribution in [-0.2, 0) is 12.8 Å². The molecule has 36 heavy (non-hydrogen) atoms. The summed E-state index contributed by atoms with van der Waals surface area (Å²) in [5, 5.41) is 7.08. The molecule has 6 nitrogen and oxygen atoms in total. The van der Waals surface area contributed by atoms with E-state index in [1.165, 1.54) is 11.3 Å². The summed E-state index contributed by atoms with van der Waals surface area (Å²) in [6.45, 7) is 6.76. The van der Waals surface area contributed by atoms with Crippen LogP contribution in [0.1, 0.15) is 58.3 Å². The highest BCUT2D eigenvalue weighted by Crippen LogP contribution is 2.45. The summed E-state index contributed by atoms with van der Waals surface area (Å²) in [6.07, 6.45) is 2.65. The number of hydrogen-bond donors (Lipinski definition) is 2. The number of benzene rings is 2. The third-order valence-electron chi connectivity index (χ3n) is 6.71. The highest BCUT2D eigenvalue weighted by Gasteiger charge is 2.34. The molecule has 1 heterocycles. The zero-order chi connectivity index (χ0) is 26.0. The Balaban J connectivity index is 1.71. The number of anilines is 2. The lowest BCUT2D eigenvalue weighted by Crippen LogP contribution is -2.27. The maximum absolute atomic E-state index is 13.7. The fourth-order valence-corrected chi connectivity index (χ4v) is 5.97. The SMILES string of the molecule is COc1ccc(OC)c(NC(=O)c2c(NC(=O)c3ccc(Cl)cc3)sc3c2CC[C@@H](C(C)(C)C)C3)c1. The van der Waals surface area contributed by atoms with E-state index in [1.807, 2.05) is 0 Å². The molecule has 2 amide bonds. The zero-order valence-electron chi connectivity index (χ0n) is 21.2. The van der Waals surface area contributed by atoms with Gasteiger partial charge in [0.1, 0.15) is 16.5 Å². The van der Waals surface area contributed by atoms with Gasteiger partial charge in [0.2, 0.25) is 0 Å². The predicted molar refractivity (Wildman–Crippen MR) is 146 cm³/mol. The van der Waals surface area contributed by atoms with E-state index in [2.05, 4.69) is 31.4 Å². The standard InChI is InChI=1S/C28H31ClN2O4S/c1-28(2,3)17-8-12-20-23(14-17)36-27(31-25(32)16-6-9-18(29)10-7-16)24(20)26(33)30-21-15-19(34-4)11-13-22(21)35-5/h6-7,9-11,13,15,17H,8,12,14H2,1-5H3,(H,30,33)(H,31,32)/t17-/m1/s1. The van der Waals surface area contributed by atoms with Crippen molar-refractivity contribution in [3.63, 3.8) is 0 Å². The van der Waals surface area contributed by atoms with Crippen molar-refractivity contribution in [1.82, 2.24) is 0 Å². The molecule has 1 atom stereocenters. The molecule has 0 radical (unpaired) electrons. The lowest BCUT2D eigenvalue weighted by Gasteiger charge is -2.33. The second kappa shape index (κ2) is 10.5. The van der Waals surface area contributed by atoms with Gasteiger partial charge in [-0.3, -0.25) is 9.59 Å². The Labute approximate surface area is 221 Å². The molecule has 0 bridgehead atoms. The van der Waals surface area contributed by atoms with Crippen LogP contribution < -0.4 is 20.1 Å². The summed E-state index contributed by atoms with van der Waals surface area (Å²) >= 11 is 7.47. The zero-order valence-corrected chi connectivity index (χ0v) is 22.7. The van der Waals surface area contributed by atoms with E-state index >= 15 is 0 Å². The highest BCUT2D eigenvalue weighted by molar-refractivity contribution is 7.17. The van der Waals surface area contributed by atoms with Crippen molar-refractivity contribution in [3.8, 4) is 11.5 Å². The smallest absolute Gasteiger partial charge is 0.259 e. The topological polar surface area (TPSA) is 76.7 Å². The van der Waals surface area contributed by atoms with E-state index in [9.17, 15) is 9.59 Å². The van der Waals surface area contributed by atoms with Gasteiger partial charge in [-0.1, -0.05) is 32.4 Å². The van der Waals surface area contributed by atoms with Crippen LogP contribution >= 0.6 is 22.9 Å². The van der Waals surface area contributed by atoms with Crippen LogP contribution in [0.4, 0.5) is 10.7 Å². The minimum atomic E-state index is -0.292. The molecule has 0 spiro atoms. The van der Waals surface area contributed by atoms with Crippen LogP contribution in [0.15, 0.2) is 42.5 Å². The fourth-order valence-electron chi connectivity index (χ4n) is 4.53. The number of nitrogens with one attached hydrogen (secondary N) is 2. The second-order valence-corrected chi connectivity index (χ2v) is 11.5. The van der Waals surface area contributed by atoms with E-state index in [-0.39, 0.29) is 17.2 Å². The molecule has 0 unspecified atom stereocenters. The molecule has 0 fully saturated rings. The van der Waals surface area contributed by atoms with Crippen molar-refractivity contribution >= 4 is 45.4 Å². The Bertz CT molecular complexity index is 1280. The second-order valence-electron chi connectivity index (χ2n) is 10.00. The van der Waals surface area contributed by atoms with Crippen molar-refractivity contribution in [3.05, 3.63) is 69.1 Å². The van der Waals surface area contributed by atoms with E-state index in [4.69, 9.17) is 21.1 Å². The average molecular weight is 527 g/mol. The Kier molecular flexibility index (Phi) is 7.62. The van der Waals surface area contributed by atoms with Gasteiger partial charge in [0.25, 0.3) is 11.8 Å². The Morgan fingerprint density at radius 3 is 2.36 bits per heavy atom. The molecule has 3 aromatic rings. The van der Waals surface area contributed by atoms with E-state index in [1.54, 1.807) is 56.7 Å². The van der Waals surface area contributed by atoms with Gasteiger partial charge >= 0.3 is 0 Å². The van der Waals surface area contributed by atoms with Crippen LogP contribution in [-0.4, -0.2) is 26.0 Å². The van der Waals surface area contributed by atoms with E-state index in [0.717, 1.165) is 29.7 Å². The third-order valence-corrected chi connectivity index (χ3v) is 8.13. The number of halogens is 1. The number of carbonyl (C=O) groups is 2. The van der Waals surface area contributed by atoms with Crippen LogP contribution in [0, 0.1) is 11.3 Å². The Morgan fingerprint density at radius 2 is 1.72 bits per heavy atom. The highest BCUT2D eigenvalue weighted by atomic mass is 35.5. The summed E-state index contributed by atoms with van der Waals surface area (Å²) in [5.41, 5.74) is 2.64. The predicted octanol–water partition coefficient (Wildman–Crippen LogP) is 7.07. The summed E-state index contributed by atoms with van der Waals surface area (Å²) in [6, 6.07) is 11.9. The van der Waals surface area contributed by atoms with Gasteiger partial charge in [0.05, 0.1) is 25.5 Å². The van der Waals surface area contributed by atoms with E-state index < -0.39 is 0 Å². The summed E-state index contributed by atoms with van der Waals surface area (Å²) < 4.78 is 10.8. The van der Waals surface area contributed by atoms with Crippen LogP contribution in [0.25, 0.3) is 0 Å². The summed E-state index contributed by atoms with van der Waals surface area (Å²) in [5.74, 6) is 1.04. The van der Waals surface area contributed by atoms with Crippen molar-refractivity contribution in [2.45, 2.75) is 40.0 Å². The minimum Gasteiger partial charge on any atom is -0.497 e. The molecule has 8 heteroatoms.